The molecule has 0 aliphatic rings. The van der Waals surface area contributed by atoms with Crippen LogP contribution in [-0.4, -0.2) is 19.3 Å². The minimum atomic E-state index is -0.559. The van der Waals surface area contributed by atoms with Crippen LogP contribution in [-0.2, 0) is 6.42 Å². The summed E-state index contributed by atoms with van der Waals surface area (Å²) in [5, 5.41) is 10.4. The van der Waals surface area contributed by atoms with Gasteiger partial charge in [-0.25, -0.2) is 0 Å². The summed E-state index contributed by atoms with van der Waals surface area (Å²) in [5.74, 6) is 1.60. The largest absolute Gasteiger partial charge is 0.497 e. The summed E-state index contributed by atoms with van der Waals surface area (Å²) in [6, 6.07) is 13.5. The third-order valence-corrected chi connectivity index (χ3v) is 3.38. The number of methoxy groups -OCH3 is 2. The quantitative estimate of drug-likeness (QED) is 0.907. The van der Waals surface area contributed by atoms with E-state index >= 15 is 0 Å². The van der Waals surface area contributed by atoms with E-state index < -0.39 is 6.10 Å². The molecule has 0 amide bonds. The second kappa shape index (κ2) is 6.44. The van der Waals surface area contributed by atoms with Gasteiger partial charge < -0.3 is 14.6 Å². The Morgan fingerprint density at radius 1 is 1.05 bits per heavy atom. The lowest BCUT2D eigenvalue weighted by molar-refractivity contribution is 0.178. The van der Waals surface area contributed by atoms with Gasteiger partial charge in [0.2, 0.25) is 0 Å². The fraction of sp³-hybridized carbons (Fsp3) is 0.294. The van der Waals surface area contributed by atoms with Crippen LogP contribution in [0.1, 0.15) is 22.8 Å². The predicted octanol–water partition coefficient (Wildman–Crippen LogP) is 3.29. The summed E-state index contributed by atoms with van der Waals surface area (Å²) < 4.78 is 10.5. The van der Waals surface area contributed by atoms with Gasteiger partial charge in [0.1, 0.15) is 11.5 Å². The molecule has 1 atom stereocenters. The topological polar surface area (TPSA) is 38.7 Å². The van der Waals surface area contributed by atoms with E-state index in [1.165, 1.54) is 0 Å². The standard InChI is InChI=1S/C17H20O3/c1-12-7-8-14(11-17(12)20-3)16(18)10-13-5-4-6-15(9-13)19-2/h4-9,11,16,18H,10H2,1-3H3. The molecule has 0 fully saturated rings. The third-order valence-electron chi connectivity index (χ3n) is 3.38. The third kappa shape index (κ3) is 3.31. The van der Waals surface area contributed by atoms with Gasteiger partial charge in [0.25, 0.3) is 0 Å². The van der Waals surface area contributed by atoms with E-state index in [-0.39, 0.29) is 0 Å². The molecule has 0 saturated heterocycles. The number of hydrogen-bond donors (Lipinski definition) is 1. The first-order valence-electron chi connectivity index (χ1n) is 6.59. The molecule has 3 heteroatoms. The van der Waals surface area contributed by atoms with E-state index in [9.17, 15) is 5.11 Å². The van der Waals surface area contributed by atoms with Gasteiger partial charge in [-0.3, -0.25) is 0 Å². The molecule has 3 nitrogen and oxygen atoms in total. The molecule has 0 aliphatic heterocycles. The maximum atomic E-state index is 10.4. The molecule has 0 aliphatic carbocycles. The summed E-state index contributed by atoms with van der Waals surface area (Å²) in [4.78, 5) is 0. The molecular formula is C17H20O3. The van der Waals surface area contributed by atoms with Crippen LogP contribution in [0.3, 0.4) is 0 Å². The maximum Gasteiger partial charge on any atom is 0.122 e. The van der Waals surface area contributed by atoms with Crippen molar-refractivity contribution in [2.75, 3.05) is 14.2 Å². The summed E-state index contributed by atoms with van der Waals surface area (Å²) in [6.07, 6.45) is -0.0136. The Balaban J connectivity index is 2.16. The second-order valence-corrected chi connectivity index (χ2v) is 4.80. The van der Waals surface area contributed by atoms with Gasteiger partial charge in [0.05, 0.1) is 20.3 Å². The van der Waals surface area contributed by atoms with Crippen LogP contribution in [0.15, 0.2) is 42.5 Å². The molecular weight excluding hydrogens is 252 g/mol. The molecule has 2 aromatic carbocycles. The molecule has 2 rings (SSSR count). The lowest BCUT2D eigenvalue weighted by Gasteiger charge is -2.14. The highest BCUT2D eigenvalue weighted by Crippen LogP contribution is 2.26. The van der Waals surface area contributed by atoms with Crippen LogP contribution in [0.2, 0.25) is 0 Å². The van der Waals surface area contributed by atoms with E-state index in [2.05, 4.69) is 0 Å². The van der Waals surface area contributed by atoms with Crippen molar-refractivity contribution < 1.29 is 14.6 Å². The number of benzene rings is 2. The highest BCUT2D eigenvalue weighted by atomic mass is 16.5. The Bertz CT molecular complexity index is 578. The van der Waals surface area contributed by atoms with Gasteiger partial charge in [-0.15, -0.1) is 0 Å². The van der Waals surface area contributed by atoms with Crippen molar-refractivity contribution >= 4 is 0 Å². The molecule has 0 aromatic heterocycles. The molecule has 0 saturated carbocycles. The molecule has 0 spiro atoms. The van der Waals surface area contributed by atoms with E-state index in [1.807, 2.05) is 49.4 Å². The second-order valence-electron chi connectivity index (χ2n) is 4.80. The molecule has 20 heavy (non-hydrogen) atoms. The maximum absolute atomic E-state index is 10.4. The van der Waals surface area contributed by atoms with Crippen molar-refractivity contribution in [3.63, 3.8) is 0 Å². The fourth-order valence-corrected chi connectivity index (χ4v) is 2.18. The molecule has 1 unspecified atom stereocenters. The summed E-state index contributed by atoms with van der Waals surface area (Å²) in [7, 11) is 3.28. The zero-order valence-electron chi connectivity index (χ0n) is 12.1. The number of aliphatic hydroxyl groups excluding tert-OH is 1. The lowest BCUT2D eigenvalue weighted by atomic mass is 10.00. The van der Waals surface area contributed by atoms with Crippen LogP contribution in [0, 0.1) is 6.92 Å². The Morgan fingerprint density at radius 3 is 2.55 bits per heavy atom. The summed E-state index contributed by atoms with van der Waals surface area (Å²) in [5.41, 5.74) is 2.96. The minimum absolute atomic E-state index is 0.545. The number of rotatable bonds is 5. The van der Waals surface area contributed by atoms with E-state index in [1.54, 1.807) is 14.2 Å². The molecule has 106 valence electrons. The Hall–Kier alpha value is -2.00. The number of aryl methyl sites for hydroxylation is 1. The van der Waals surface area contributed by atoms with E-state index in [4.69, 9.17) is 9.47 Å². The first kappa shape index (κ1) is 14.4. The smallest absolute Gasteiger partial charge is 0.122 e. The monoisotopic (exact) mass is 272 g/mol. The lowest BCUT2D eigenvalue weighted by Crippen LogP contribution is -2.03. The normalized spacial score (nSPS) is 12.0. The number of aliphatic hydroxyl groups is 1. The average molecular weight is 272 g/mol. The predicted molar refractivity (Wildman–Crippen MR) is 79.4 cm³/mol. The average Bonchev–Trinajstić information content (AvgIpc) is 2.47. The van der Waals surface area contributed by atoms with Crippen molar-refractivity contribution in [2.24, 2.45) is 0 Å². The van der Waals surface area contributed by atoms with Crippen molar-refractivity contribution in [3.05, 3.63) is 59.2 Å². The zero-order chi connectivity index (χ0) is 14.5. The molecule has 0 bridgehead atoms. The Kier molecular flexibility index (Phi) is 4.64. The van der Waals surface area contributed by atoms with Gasteiger partial charge in [0, 0.05) is 6.42 Å². The SMILES string of the molecule is COc1cccc(CC(O)c2ccc(C)c(OC)c2)c1. The van der Waals surface area contributed by atoms with Gasteiger partial charge in [-0.1, -0.05) is 24.3 Å². The molecule has 0 heterocycles. The van der Waals surface area contributed by atoms with Crippen LogP contribution in [0.5, 0.6) is 11.5 Å². The molecule has 2 aromatic rings. The number of ether oxygens (including phenoxy) is 2. The van der Waals surface area contributed by atoms with Gasteiger partial charge >= 0.3 is 0 Å². The van der Waals surface area contributed by atoms with Crippen molar-refractivity contribution in [2.45, 2.75) is 19.4 Å². The number of hydrogen-bond acceptors (Lipinski definition) is 3. The van der Waals surface area contributed by atoms with Crippen molar-refractivity contribution in [3.8, 4) is 11.5 Å². The molecule has 0 radical (unpaired) electrons. The summed E-state index contributed by atoms with van der Waals surface area (Å²) in [6.45, 7) is 1.98. The minimum Gasteiger partial charge on any atom is -0.497 e. The Labute approximate surface area is 119 Å². The van der Waals surface area contributed by atoms with Crippen molar-refractivity contribution in [1.82, 2.24) is 0 Å². The van der Waals surface area contributed by atoms with E-state index in [0.717, 1.165) is 28.2 Å². The zero-order valence-corrected chi connectivity index (χ0v) is 12.1. The highest BCUT2D eigenvalue weighted by molar-refractivity contribution is 5.38. The first-order chi connectivity index (χ1) is 9.63. The molecule has 1 N–H and O–H groups in total. The Morgan fingerprint density at radius 2 is 1.85 bits per heavy atom. The van der Waals surface area contributed by atoms with Crippen LogP contribution < -0.4 is 9.47 Å². The first-order valence-corrected chi connectivity index (χ1v) is 6.59. The van der Waals surface area contributed by atoms with Crippen LogP contribution in [0.4, 0.5) is 0 Å². The van der Waals surface area contributed by atoms with Gasteiger partial charge in [0.15, 0.2) is 0 Å². The van der Waals surface area contributed by atoms with Crippen LogP contribution in [0.25, 0.3) is 0 Å². The summed E-state index contributed by atoms with van der Waals surface area (Å²) >= 11 is 0. The van der Waals surface area contributed by atoms with Crippen LogP contribution >= 0.6 is 0 Å². The van der Waals surface area contributed by atoms with Gasteiger partial charge in [-0.2, -0.15) is 0 Å². The highest BCUT2D eigenvalue weighted by Gasteiger charge is 2.11. The fourth-order valence-electron chi connectivity index (χ4n) is 2.18. The van der Waals surface area contributed by atoms with Gasteiger partial charge in [-0.05, 0) is 41.8 Å². The van der Waals surface area contributed by atoms with Crippen molar-refractivity contribution in [1.29, 1.82) is 0 Å². The van der Waals surface area contributed by atoms with E-state index in [0.29, 0.717) is 6.42 Å².